The summed E-state index contributed by atoms with van der Waals surface area (Å²) in [5, 5.41) is 0.744. The molecule has 0 unspecified atom stereocenters. The number of aryl methyl sites for hydroxylation is 1. The van der Waals surface area contributed by atoms with Gasteiger partial charge in [-0.25, -0.2) is 9.97 Å². The second-order valence-corrected chi connectivity index (χ2v) is 9.01. The molecule has 3 heterocycles. The second kappa shape index (κ2) is 9.65. The third-order valence-corrected chi connectivity index (χ3v) is 6.01. The molecule has 166 valence electrons. The molecule has 1 amide bonds. The van der Waals surface area contributed by atoms with Gasteiger partial charge in [-0.2, -0.15) is 0 Å². The molecule has 0 aliphatic carbocycles. The number of aromatic nitrogens is 3. The van der Waals surface area contributed by atoms with Gasteiger partial charge in [0.1, 0.15) is 5.69 Å². The van der Waals surface area contributed by atoms with Gasteiger partial charge in [0.15, 0.2) is 0 Å². The summed E-state index contributed by atoms with van der Waals surface area (Å²) in [5.41, 5.74) is 4.64. The molecular weight excluding hydrogens is 422 g/mol. The predicted molar refractivity (Wildman–Crippen MR) is 127 cm³/mol. The van der Waals surface area contributed by atoms with E-state index in [0.29, 0.717) is 18.2 Å². The fourth-order valence-electron chi connectivity index (χ4n) is 4.05. The van der Waals surface area contributed by atoms with E-state index >= 15 is 0 Å². The molecule has 2 aromatic heterocycles. The molecule has 0 spiro atoms. The van der Waals surface area contributed by atoms with Gasteiger partial charge in [0.05, 0.1) is 0 Å². The minimum absolute atomic E-state index is 0.0392. The van der Waals surface area contributed by atoms with Crippen LogP contribution < -0.4 is 4.90 Å². The normalized spacial score (nSPS) is 16.1. The molecule has 0 saturated carbocycles. The zero-order valence-electron chi connectivity index (χ0n) is 18.8. The fraction of sp³-hybridized carbons (Fsp3) is 0.360. The molecule has 1 aliphatic heterocycles. The van der Waals surface area contributed by atoms with Gasteiger partial charge in [0.25, 0.3) is 5.91 Å². The molecule has 6 nitrogen and oxygen atoms in total. The van der Waals surface area contributed by atoms with Crippen LogP contribution >= 0.6 is 11.6 Å². The average molecular weight is 450 g/mol. The number of piperidine rings is 1. The molecule has 0 N–H and O–H groups in total. The summed E-state index contributed by atoms with van der Waals surface area (Å²) in [6, 6.07) is 13.9. The molecule has 7 heteroatoms. The van der Waals surface area contributed by atoms with Crippen LogP contribution in [-0.4, -0.2) is 52.9 Å². The Hall–Kier alpha value is -2.99. The summed E-state index contributed by atoms with van der Waals surface area (Å²) in [5.74, 6) is 0.746. The van der Waals surface area contributed by atoms with Gasteiger partial charge >= 0.3 is 0 Å². The lowest BCUT2D eigenvalue weighted by Crippen LogP contribution is -2.39. The smallest absolute Gasteiger partial charge is 0.272 e. The van der Waals surface area contributed by atoms with Crippen molar-refractivity contribution in [3.8, 4) is 0 Å². The maximum Gasteiger partial charge on any atom is 0.272 e. The lowest BCUT2D eigenvalue weighted by Gasteiger charge is -2.32. The zero-order valence-corrected chi connectivity index (χ0v) is 19.5. The number of hydrogen-bond donors (Lipinski definition) is 0. The van der Waals surface area contributed by atoms with E-state index in [4.69, 9.17) is 16.6 Å². The molecule has 1 aromatic carbocycles. The highest BCUT2D eigenvalue weighted by molar-refractivity contribution is 6.30. The van der Waals surface area contributed by atoms with E-state index in [-0.39, 0.29) is 11.8 Å². The molecule has 1 saturated heterocycles. The largest absolute Gasteiger partial charge is 0.347 e. The van der Waals surface area contributed by atoms with Gasteiger partial charge in [-0.05, 0) is 61.6 Å². The van der Waals surface area contributed by atoms with Crippen molar-refractivity contribution in [2.75, 3.05) is 32.1 Å². The molecule has 0 radical (unpaired) electrons. The van der Waals surface area contributed by atoms with Crippen molar-refractivity contribution in [1.29, 1.82) is 0 Å². The van der Waals surface area contributed by atoms with E-state index in [9.17, 15) is 4.79 Å². The number of rotatable bonds is 5. The van der Waals surface area contributed by atoms with E-state index in [0.717, 1.165) is 47.8 Å². The van der Waals surface area contributed by atoms with Crippen molar-refractivity contribution in [3.05, 3.63) is 81.9 Å². The van der Waals surface area contributed by atoms with Crippen LogP contribution in [0, 0.1) is 6.92 Å². The average Bonchev–Trinajstić information content (AvgIpc) is 2.80. The summed E-state index contributed by atoms with van der Waals surface area (Å²) in [4.78, 5) is 30.5. The molecule has 32 heavy (non-hydrogen) atoms. The van der Waals surface area contributed by atoms with Crippen molar-refractivity contribution >= 4 is 23.5 Å². The topological polar surface area (TPSA) is 62.2 Å². The zero-order chi connectivity index (χ0) is 22.7. The standard InChI is InChI=1S/C25H28ClN5O/c1-17-13-23(29-25(28-17)30(2)3)24(32)31-12-4-5-20(16-31)22-11-8-19(15-27-22)14-18-6-9-21(26)10-7-18/h6-11,13,15,20H,4-5,12,14,16H2,1-3H3/t20-/m1/s1. The Morgan fingerprint density at radius 2 is 1.88 bits per heavy atom. The van der Waals surface area contributed by atoms with E-state index in [1.165, 1.54) is 5.56 Å². The first-order chi connectivity index (χ1) is 15.4. The monoisotopic (exact) mass is 449 g/mol. The summed E-state index contributed by atoms with van der Waals surface area (Å²) in [6.45, 7) is 3.28. The number of anilines is 1. The third-order valence-electron chi connectivity index (χ3n) is 5.76. The van der Waals surface area contributed by atoms with Crippen LogP contribution in [0.1, 0.15) is 51.8 Å². The Labute approximate surface area is 194 Å². The summed E-state index contributed by atoms with van der Waals surface area (Å²) in [6.07, 6.45) is 4.75. The molecular formula is C25H28ClN5O. The molecule has 1 fully saturated rings. The lowest BCUT2D eigenvalue weighted by atomic mass is 9.93. The number of amides is 1. The van der Waals surface area contributed by atoms with Crippen LogP contribution in [0.2, 0.25) is 5.02 Å². The van der Waals surface area contributed by atoms with Crippen molar-refractivity contribution in [2.24, 2.45) is 0 Å². The van der Waals surface area contributed by atoms with Crippen molar-refractivity contribution in [3.63, 3.8) is 0 Å². The van der Waals surface area contributed by atoms with Crippen LogP contribution in [0.5, 0.6) is 0 Å². The maximum atomic E-state index is 13.2. The highest BCUT2D eigenvalue weighted by atomic mass is 35.5. The summed E-state index contributed by atoms with van der Waals surface area (Å²) >= 11 is 5.97. The number of benzene rings is 1. The molecule has 3 aromatic rings. The fourth-order valence-corrected chi connectivity index (χ4v) is 4.17. The number of nitrogens with zero attached hydrogens (tertiary/aromatic N) is 5. The first kappa shape index (κ1) is 22.2. The number of pyridine rings is 1. The third kappa shape index (κ3) is 5.25. The van der Waals surface area contributed by atoms with Crippen molar-refractivity contribution in [1.82, 2.24) is 19.9 Å². The summed E-state index contributed by atoms with van der Waals surface area (Å²) < 4.78 is 0. The van der Waals surface area contributed by atoms with Gasteiger partial charge in [-0.15, -0.1) is 0 Å². The Balaban J connectivity index is 1.44. The van der Waals surface area contributed by atoms with Gasteiger partial charge in [0.2, 0.25) is 5.95 Å². The first-order valence-corrected chi connectivity index (χ1v) is 11.3. The minimum Gasteiger partial charge on any atom is -0.347 e. The maximum absolute atomic E-state index is 13.2. The molecule has 1 aliphatic rings. The lowest BCUT2D eigenvalue weighted by molar-refractivity contribution is 0.0699. The Morgan fingerprint density at radius 1 is 1.12 bits per heavy atom. The highest BCUT2D eigenvalue weighted by Gasteiger charge is 2.27. The number of halogens is 1. The van der Waals surface area contributed by atoms with E-state index in [2.05, 4.69) is 22.1 Å². The minimum atomic E-state index is -0.0392. The molecule has 4 rings (SSSR count). The van der Waals surface area contributed by atoms with Gasteiger partial charge < -0.3 is 9.80 Å². The Kier molecular flexibility index (Phi) is 6.70. The number of carbonyl (C=O) groups excluding carboxylic acids is 1. The van der Waals surface area contributed by atoms with Crippen LogP contribution in [0.25, 0.3) is 0 Å². The summed E-state index contributed by atoms with van der Waals surface area (Å²) in [7, 11) is 3.75. The van der Waals surface area contributed by atoms with Gasteiger partial charge in [-0.3, -0.25) is 9.78 Å². The van der Waals surface area contributed by atoms with Crippen LogP contribution in [0.3, 0.4) is 0 Å². The molecule has 1 atom stereocenters. The number of carbonyl (C=O) groups is 1. The quantitative estimate of drug-likeness (QED) is 0.573. The number of likely N-dealkylation sites (tertiary alicyclic amines) is 1. The predicted octanol–water partition coefficient (Wildman–Crippen LogP) is 4.51. The van der Waals surface area contributed by atoms with Crippen LogP contribution in [0.4, 0.5) is 5.95 Å². The van der Waals surface area contributed by atoms with E-state index in [1.807, 2.05) is 61.3 Å². The SMILES string of the molecule is Cc1cc(C(=O)N2CCC[C@@H](c3ccc(Cc4ccc(Cl)cc4)cn3)C2)nc(N(C)C)n1. The van der Waals surface area contributed by atoms with Gasteiger partial charge in [0, 0.05) is 55.7 Å². The van der Waals surface area contributed by atoms with Crippen LogP contribution in [0.15, 0.2) is 48.7 Å². The van der Waals surface area contributed by atoms with Gasteiger partial charge in [-0.1, -0.05) is 29.8 Å². The molecule has 0 bridgehead atoms. The van der Waals surface area contributed by atoms with Crippen molar-refractivity contribution in [2.45, 2.75) is 32.1 Å². The van der Waals surface area contributed by atoms with Crippen molar-refractivity contribution < 1.29 is 4.79 Å². The van der Waals surface area contributed by atoms with E-state index < -0.39 is 0 Å². The highest BCUT2D eigenvalue weighted by Crippen LogP contribution is 2.27. The second-order valence-electron chi connectivity index (χ2n) is 8.57. The Morgan fingerprint density at radius 3 is 2.56 bits per heavy atom. The van der Waals surface area contributed by atoms with E-state index in [1.54, 1.807) is 6.07 Å². The Bertz CT molecular complexity index is 1080. The van der Waals surface area contributed by atoms with Crippen LogP contribution in [-0.2, 0) is 6.42 Å². The number of hydrogen-bond acceptors (Lipinski definition) is 5. The first-order valence-electron chi connectivity index (χ1n) is 10.9.